The normalized spacial score (nSPS) is 13.5. The lowest BCUT2D eigenvalue weighted by molar-refractivity contribution is 0.0924. The number of furan rings is 1. The van der Waals surface area contributed by atoms with Crippen molar-refractivity contribution in [3.05, 3.63) is 24.2 Å². The first-order valence-electron chi connectivity index (χ1n) is 5.34. The second-order valence-corrected chi connectivity index (χ2v) is 5.67. The van der Waals surface area contributed by atoms with Crippen LogP contribution in [0.2, 0.25) is 0 Å². The highest BCUT2D eigenvalue weighted by atomic mass is 35.5. The maximum Gasteiger partial charge on any atom is 0.287 e. The largest absolute Gasteiger partial charge is 0.459 e. The monoisotopic (exact) mass is 243 g/mol. The zero-order valence-electron chi connectivity index (χ0n) is 9.92. The summed E-state index contributed by atoms with van der Waals surface area (Å²) in [6.45, 7) is 6.82. The molecular formula is C12H18ClNO2. The van der Waals surface area contributed by atoms with Gasteiger partial charge in [0.05, 0.1) is 11.6 Å². The van der Waals surface area contributed by atoms with E-state index in [1.165, 1.54) is 6.26 Å². The van der Waals surface area contributed by atoms with Crippen LogP contribution in [0.1, 0.15) is 37.7 Å². The maximum atomic E-state index is 11.5. The number of hydrogen-bond acceptors (Lipinski definition) is 2. The molecule has 0 saturated carbocycles. The smallest absolute Gasteiger partial charge is 0.287 e. The molecule has 0 aliphatic carbocycles. The summed E-state index contributed by atoms with van der Waals surface area (Å²) in [4.78, 5) is 11.5. The molecule has 90 valence electrons. The van der Waals surface area contributed by atoms with Gasteiger partial charge in [-0.1, -0.05) is 20.8 Å². The quantitative estimate of drug-likeness (QED) is 0.826. The summed E-state index contributed by atoms with van der Waals surface area (Å²) >= 11 is 6.13. The van der Waals surface area contributed by atoms with Crippen molar-refractivity contribution in [1.82, 2.24) is 5.32 Å². The van der Waals surface area contributed by atoms with E-state index in [-0.39, 0.29) is 16.7 Å². The minimum Gasteiger partial charge on any atom is -0.459 e. The van der Waals surface area contributed by atoms with E-state index in [4.69, 9.17) is 16.0 Å². The molecule has 1 heterocycles. The van der Waals surface area contributed by atoms with Crippen LogP contribution < -0.4 is 5.32 Å². The molecule has 16 heavy (non-hydrogen) atoms. The summed E-state index contributed by atoms with van der Waals surface area (Å²) in [5.41, 5.74) is 0.168. The van der Waals surface area contributed by atoms with E-state index in [0.717, 1.165) is 6.42 Å². The number of rotatable bonds is 4. The van der Waals surface area contributed by atoms with Gasteiger partial charge in [-0.05, 0) is 24.0 Å². The first-order chi connectivity index (χ1) is 7.38. The first kappa shape index (κ1) is 13.1. The molecule has 1 N–H and O–H groups in total. The Bertz CT molecular complexity index is 327. The average Bonchev–Trinajstić information content (AvgIpc) is 2.64. The third kappa shape index (κ3) is 4.71. The van der Waals surface area contributed by atoms with Crippen molar-refractivity contribution in [3.8, 4) is 0 Å². The predicted molar refractivity (Wildman–Crippen MR) is 64.8 cm³/mol. The molecular weight excluding hydrogens is 226 g/mol. The van der Waals surface area contributed by atoms with Crippen LogP contribution >= 0.6 is 11.6 Å². The van der Waals surface area contributed by atoms with Crippen molar-refractivity contribution in [2.45, 2.75) is 32.6 Å². The molecule has 0 aromatic carbocycles. The molecule has 1 atom stereocenters. The van der Waals surface area contributed by atoms with E-state index in [0.29, 0.717) is 12.3 Å². The van der Waals surface area contributed by atoms with Gasteiger partial charge in [-0.2, -0.15) is 0 Å². The van der Waals surface area contributed by atoms with Gasteiger partial charge in [-0.3, -0.25) is 4.79 Å². The summed E-state index contributed by atoms with van der Waals surface area (Å²) in [7, 11) is 0. The van der Waals surface area contributed by atoms with E-state index < -0.39 is 0 Å². The summed E-state index contributed by atoms with van der Waals surface area (Å²) in [5, 5.41) is 2.69. The maximum absolute atomic E-state index is 11.5. The van der Waals surface area contributed by atoms with E-state index in [1.54, 1.807) is 12.1 Å². The third-order valence-corrected chi connectivity index (χ3v) is 2.37. The Hall–Kier alpha value is -0.960. The zero-order chi connectivity index (χ0) is 12.2. The molecule has 1 unspecified atom stereocenters. The SMILES string of the molecule is CC(C)(C)CC(Cl)CNC(=O)c1ccco1. The molecule has 1 aromatic rings. The molecule has 0 saturated heterocycles. The number of amides is 1. The van der Waals surface area contributed by atoms with Crippen LogP contribution in [0, 0.1) is 5.41 Å². The van der Waals surface area contributed by atoms with Crippen LogP contribution in [-0.2, 0) is 0 Å². The molecule has 0 fully saturated rings. The van der Waals surface area contributed by atoms with Gasteiger partial charge in [0.2, 0.25) is 0 Å². The Labute approximate surface area is 101 Å². The van der Waals surface area contributed by atoms with Gasteiger partial charge < -0.3 is 9.73 Å². The van der Waals surface area contributed by atoms with Gasteiger partial charge in [0.1, 0.15) is 0 Å². The molecule has 3 nitrogen and oxygen atoms in total. The van der Waals surface area contributed by atoms with Gasteiger partial charge in [0.15, 0.2) is 5.76 Å². The van der Waals surface area contributed by atoms with Crippen LogP contribution in [-0.4, -0.2) is 17.8 Å². The zero-order valence-corrected chi connectivity index (χ0v) is 10.7. The highest BCUT2D eigenvalue weighted by molar-refractivity contribution is 6.21. The lowest BCUT2D eigenvalue weighted by atomic mass is 9.90. The Morgan fingerprint density at radius 2 is 2.25 bits per heavy atom. The van der Waals surface area contributed by atoms with E-state index in [1.807, 2.05) is 0 Å². The number of halogens is 1. The van der Waals surface area contributed by atoms with Gasteiger partial charge in [-0.25, -0.2) is 0 Å². The number of hydrogen-bond donors (Lipinski definition) is 1. The van der Waals surface area contributed by atoms with Crippen molar-refractivity contribution >= 4 is 17.5 Å². The van der Waals surface area contributed by atoms with Crippen molar-refractivity contribution in [3.63, 3.8) is 0 Å². The lowest BCUT2D eigenvalue weighted by Gasteiger charge is -2.21. The lowest BCUT2D eigenvalue weighted by Crippen LogP contribution is -2.31. The van der Waals surface area contributed by atoms with Crippen LogP contribution in [0.25, 0.3) is 0 Å². The summed E-state index contributed by atoms with van der Waals surface area (Å²) in [5.74, 6) is 0.101. The van der Waals surface area contributed by atoms with Crippen LogP contribution in [0.15, 0.2) is 22.8 Å². The topological polar surface area (TPSA) is 42.2 Å². The predicted octanol–water partition coefficient (Wildman–Crippen LogP) is 3.05. The Morgan fingerprint density at radius 3 is 2.75 bits per heavy atom. The van der Waals surface area contributed by atoms with Gasteiger partial charge in [-0.15, -0.1) is 11.6 Å². The van der Waals surface area contributed by atoms with Crippen molar-refractivity contribution in [1.29, 1.82) is 0 Å². The number of carbonyl (C=O) groups excluding carboxylic acids is 1. The molecule has 0 spiro atoms. The van der Waals surface area contributed by atoms with Crippen molar-refractivity contribution in [2.24, 2.45) is 5.41 Å². The molecule has 0 aliphatic heterocycles. The van der Waals surface area contributed by atoms with Crippen LogP contribution in [0.3, 0.4) is 0 Å². The second-order valence-electron chi connectivity index (χ2n) is 5.05. The fourth-order valence-corrected chi connectivity index (χ4v) is 1.98. The first-order valence-corrected chi connectivity index (χ1v) is 5.78. The second kappa shape index (κ2) is 5.39. The Balaban J connectivity index is 2.32. The Kier molecular flexibility index (Phi) is 4.42. The van der Waals surface area contributed by atoms with E-state index in [9.17, 15) is 4.79 Å². The van der Waals surface area contributed by atoms with E-state index in [2.05, 4.69) is 26.1 Å². The van der Waals surface area contributed by atoms with Crippen LogP contribution in [0.5, 0.6) is 0 Å². The molecule has 1 amide bonds. The van der Waals surface area contributed by atoms with Crippen LogP contribution in [0.4, 0.5) is 0 Å². The molecule has 0 radical (unpaired) electrons. The van der Waals surface area contributed by atoms with E-state index >= 15 is 0 Å². The molecule has 0 bridgehead atoms. The molecule has 4 heteroatoms. The Morgan fingerprint density at radius 1 is 1.56 bits per heavy atom. The fraction of sp³-hybridized carbons (Fsp3) is 0.583. The third-order valence-electron chi connectivity index (χ3n) is 2.06. The average molecular weight is 244 g/mol. The highest BCUT2D eigenvalue weighted by Gasteiger charge is 2.18. The fourth-order valence-electron chi connectivity index (χ4n) is 1.43. The number of carbonyl (C=O) groups is 1. The number of alkyl halides is 1. The minimum atomic E-state index is -0.218. The van der Waals surface area contributed by atoms with Crippen molar-refractivity contribution in [2.75, 3.05) is 6.54 Å². The van der Waals surface area contributed by atoms with Gasteiger partial charge >= 0.3 is 0 Å². The van der Waals surface area contributed by atoms with Crippen molar-refractivity contribution < 1.29 is 9.21 Å². The summed E-state index contributed by atoms with van der Waals surface area (Å²) < 4.78 is 4.97. The standard InChI is InChI=1S/C12H18ClNO2/c1-12(2,3)7-9(13)8-14-11(15)10-5-4-6-16-10/h4-6,9H,7-8H2,1-3H3,(H,14,15). The summed E-state index contributed by atoms with van der Waals surface area (Å²) in [6.07, 6.45) is 2.33. The number of nitrogens with one attached hydrogen (secondary N) is 1. The minimum absolute atomic E-state index is 0.0566. The molecule has 1 aromatic heterocycles. The molecule has 1 rings (SSSR count). The molecule has 0 aliphatic rings. The van der Waals surface area contributed by atoms with Gasteiger partial charge in [0, 0.05) is 6.54 Å². The summed E-state index contributed by atoms with van der Waals surface area (Å²) in [6, 6.07) is 3.31. The highest BCUT2D eigenvalue weighted by Crippen LogP contribution is 2.23. The van der Waals surface area contributed by atoms with Gasteiger partial charge in [0.25, 0.3) is 5.91 Å².